The number of aromatic nitrogens is 3. The second-order valence-electron chi connectivity index (χ2n) is 6.67. The molecule has 4 rings (SSSR count). The van der Waals surface area contributed by atoms with Crippen LogP contribution in [0.15, 0.2) is 36.5 Å². The van der Waals surface area contributed by atoms with Gasteiger partial charge in [0.1, 0.15) is 5.82 Å². The van der Waals surface area contributed by atoms with Crippen molar-refractivity contribution < 1.29 is 4.39 Å². The van der Waals surface area contributed by atoms with Crippen LogP contribution in [-0.2, 0) is 13.6 Å². The quantitative estimate of drug-likeness (QED) is 0.797. The first-order valence-electron chi connectivity index (χ1n) is 8.60. The second-order valence-corrected chi connectivity index (χ2v) is 6.67. The van der Waals surface area contributed by atoms with Gasteiger partial charge in [0.15, 0.2) is 5.65 Å². The van der Waals surface area contributed by atoms with Crippen molar-refractivity contribution in [2.45, 2.75) is 19.5 Å². The summed E-state index contributed by atoms with van der Waals surface area (Å²) in [4.78, 5) is 6.97. The van der Waals surface area contributed by atoms with Gasteiger partial charge in [-0.25, -0.2) is 9.37 Å². The molecule has 3 aromatic rings. The van der Waals surface area contributed by atoms with Crippen LogP contribution in [0, 0.1) is 12.7 Å². The molecule has 130 valence electrons. The van der Waals surface area contributed by atoms with Crippen LogP contribution in [0.2, 0.25) is 0 Å². The molecular formula is C19H22FN5. The van der Waals surface area contributed by atoms with E-state index in [2.05, 4.69) is 26.4 Å². The van der Waals surface area contributed by atoms with Crippen LogP contribution in [-0.4, -0.2) is 39.3 Å². The van der Waals surface area contributed by atoms with E-state index >= 15 is 0 Å². The fourth-order valence-corrected chi connectivity index (χ4v) is 3.65. The van der Waals surface area contributed by atoms with Crippen molar-refractivity contribution in [3.8, 4) is 0 Å². The summed E-state index contributed by atoms with van der Waals surface area (Å²) in [5.74, 6) is -0.183. The van der Waals surface area contributed by atoms with E-state index in [0.717, 1.165) is 54.0 Å². The molecule has 25 heavy (non-hydrogen) atoms. The maximum atomic E-state index is 13.6. The number of hydrogen-bond acceptors (Lipinski definition) is 4. The van der Waals surface area contributed by atoms with Crippen molar-refractivity contribution in [3.63, 3.8) is 0 Å². The highest BCUT2D eigenvalue weighted by Gasteiger charge is 2.24. The molecule has 5 nitrogen and oxygen atoms in total. The number of rotatable bonds is 3. The molecule has 0 spiro atoms. The molecule has 6 heteroatoms. The van der Waals surface area contributed by atoms with E-state index in [1.807, 2.05) is 30.9 Å². The minimum atomic E-state index is -0.183. The van der Waals surface area contributed by atoms with E-state index in [4.69, 9.17) is 0 Å². The van der Waals surface area contributed by atoms with Crippen molar-refractivity contribution >= 4 is 11.0 Å². The Morgan fingerprint density at radius 2 is 2.20 bits per heavy atom. The monoisotopic (exact) mass is 339 g/mol. The van der Waals surface area contributed by atoms with Gasteiger partial charge >= 0.3 is 0 Å². The van der Waals surface area contributed by atoms with Crippen molar-refractivity contribution in [3.05, 3.63) is 59.2 Å². The van der Waals surface area contributed by atoms with Gasteiger partial charge in [-0.05, 0) is 36.2 Å². The smallest absolute Gasteiger partial charge is 0.157 e. The number of pyridine rings is 1. The van der Waals surface area contributed by atoms with Crippen LogP contribution in [0.25, 0.3) is 11.0 Å². The first kappa shape index (κ1) is 16.2. The van der Waals surface area contributed by atoms with E-state index in [1.165, 1.54) is 6.07 Å². The Kier molecular flexibility index (Phi) is 4.23. The summed E-state index contributed by atoms with van der Waals surface area (Å²) in [6.07, 6.45) is 1.92. The highest BCUT2D eigenvalue weighted by atomic mass is 19.1. The molecule has 0 aliphatic carbocycles. The Bertz CT molecular complexity index is 904. The summed E-state index contributed by atoms with van der Waals surface area (Å²) in [7, 11) is 1.91. The lowest BCUT2D eigenvalue weighted by atomic mass is 10.0. The zero-order chi connectivity index (χ0) is 17.4. The van der Waals surface area contributed by atoms with E-state index in [9.17, 15) is 4.39 Å². The van der Waals surface area contributed by atoms with Crippen molar-refractivity contribution in [1.29, 1.82) is 0 Å². The summed E-state index contributed by atoms with van der Waals surface area (Å²) >= 11 is 0. The van der Waals surface area contributed by atoms with Gasteiger partial charge in [-0.3, -0.25) is 9.58 Å². The Labute approximate surface area is 146 Å². The van der Waals surface area contributed by atoms with Crippen LogP contribution >= 0.6 is 0 Å². The molecular weight excluding hydrogens is 317 g/mol. The molecule has 3 heterocycles. The lowest BCUT2D eigenvalue weighted by Crippen LogP contribution is -2.45. The number of aryl methyl sites for hydroxylation is 2. The number of halogens is 1. The Morgan fingerprint density at radius 1 is 1.32 bits per heavy atom. The second kappa shape index (κ2) is 6.54. The average molecular weight is 339 g/mol. The molecule has 1 unspecified atom stereocenters. The maximum absolute atomic E-state index is 13.6. The zero-order valence-electron chi connectivity index (χ0n) is 14.5. The zero-order valence-corrected chi connectivity index (χ0v) is 14.5. The summed E-state index contributed by atoms with van der Waals surface area (Å²) in [5, 5.41) is 8.95. The van der Waals surface area contributed by atoms with E-state index in [0.29, 0.717) is 0 Å². The lowest BCUT2D eigenvalue weighted by Gasteiger charge is -2.36. The highest BCUT2D eigenvalue weighted by molar-refractivity contribution is 5.78. The van der Waals surface area contributed by atoms with Gasteiger partial charge in [-0.15, -0.1) is 0 Å². The molecule has 1 fully saturated rings. The van der Waals surface area contributed by atoms with E-state index in [1.54, 1.807) is 12.1 Å². The summed E-state index contributed by atoms with van der Waals surface area (Å²) < 4.78 is 15.5. The number of hydrogen-bond donors (Lipinski definition) is 1. The largest absolute Gasteiger partial charge is 0.314 e. The standard InChI is InChI=1S/C19H22FN5/c1-13-17-8-14(10-22-19(17)24(2)23-13)12-25-7-6-21-11-18(25)15-4-3-5-16(20)9-15/h3-5,8-10,18,21H,6-7,11-12H2,1-2H3. The third-order valence-corrected chi connectivity index (χ3v) is 4.89. The van der Waals surface area contributed by atoms with Crippen molar-refractivity contribution in [2.24, 2.45) is 7.05 Å². The van der Waals surface area contributed by atoms with Gasteiger partial charge in [-0.2, -0.15) is 5.10 Å². The first-order valence-corrected chi connectivity index (χ1v) is 8.60. The van der Waals surface area contributed by atoms with E-state index in [-0.39, 0.29) is 11.9 Å². The number of benzene rings is 1. The van der Waals surface area contributed by atoms with Crippen molar-refractivity contribution in [2.75, 3.05) is 19.6 Å². The molecule has 1 aliphatic heterocycles. The van der Waals surface area contributed by atoms with Gasteiger partial charge in [0.2, 0.25) is 0 Å². The molecule has 0 bridgehead atoms. The number of nitrogens with zero attached hydrogens (tertiary/aromatic N) is 4. The van der Waals surface area contributed by atoms with Crippen LogP contribution in [0.4, 0.5) is 4.39 Å². The number of nitrogens with one attached hydrogen (secondary N) is 1. The molecule has 1 atom stereocenters. The third-order valence-electron chi connectivity index (χ3n) is 4.89. The van der Waals surface area contributed by atoms with Gasteiger partial charge in [0.25, 0.3) is 0 Å². The number of piperazine rings is 1. The van der Waals surface area contributed by atoms with Crippen LogP contribution in [0.5, 0.6) is 0 Å². The van der Waals surface area contributed by atoms with Gasteiger partial charge < -0.3 is 5.32 Å². The molecule has 1 aromatic carbocycles. The predicted molar refractivity (Wildman–Crippen MR) is 95.7 cm³/mol. The van der Waals surface area contributed by atoms with E-state index < -0.39 is 0 Å². The first-order chi connectivity index (χ1) is 12.1. The molecule has 1 aliphatic rings. The van der Waals surface area contributed by atoms with Crippen LogP contribution in [0.3, 0.4) is 0 Å². The highest BCUT2D eigenvalue weighted by Crippen LogP contribution is 2.25. The predicted octanol–water partition coefficient (Wildman–Crippen LogP) is 2.56. The molecule has 1 N–H and O–H groups in total. The normalized spacial score (nSPS) is 18.8. The SMILES string of the molecule is Cc1nn(C)c2ncc(CN3CCNCC3c3cccc(F)c3)cc12. The summed E-state index contributed by atoms with van der Waals surface area (Å²) in [5.41, 5.74) is 4.07. The fourth-order valence-electron chi connectivity index (χ4n) is 3.65. The fraction of sp³-hybridized carbons (Fsp3) is 0.368. The average Bonchev–Trinajstić information content (AvgIpc) is 2.89. The summed E-state index contributed by atoms with van der Waals surface area (Å²) in [6.45, 7) is 5.48. The van der Waals surface area contributed by atoms with Gasteiger partial charge in [0, 0.05) is 50.9 Å². The van der Waals surface area contributed by atoms with Crippen LogP contribution < -0.4 is 5.32 Å². The van der Waals surface area contributed by atoms with Gasteiger partial charge in [-0.1, -0.05) is 12.1 Å². The topological polar surface area (TPSA) is 46.0 Å². The maximum Gasteiger partial charge on any atom is 0.157 e. The molecule has 0 saturated carbocycles. The molecule has 2 aromatic heterocycles. The van der Waals surface area contributed by atoms with Gasteiger partial charge in [0.05, 0.1) is 5.69 Å². The van der Waals surface area contributed by atoms with Crippen molar-refractivity contribution in [1.82, 2.24) is 25.0 Å². The summed E-state index contributed by atoms with van der Waals surface area (Å²) in [6, 6.07) is 9.25. The minimum absolute atomic E-state index is 0.162. The molecule has 1 saturated heterocycles. The Balaban J connectivity index is 1.62. The number of fused-ring (bicyclic) bond motifs is 1. The Hall–Kier alpha value is -2.31. The van der Waals surface area contributed by atoms with Crippen LogP contribution in [0.1, 0.15) is 22.9 Å². The Morgan fingerprint density at radius 3 is 3.04 bits per heavy atom. The molecule has 0 radical (unpaired) electrons. The minimum Gasteiger partial charge on any atom is -0.314 e. The molecule has 0 amide bonds. The third kappa shape index (κ3) is 3.15. The lowest BCUT2D eigenvalue weighted by molar-refractivity contribution is 0.153.